The lowest BCUT2D eigenvalue weighted by atomic mass is 9.93. The Labute approximate surface area is 194 Å². The highest BCUT2D eigenvalue weighted by Crippen LogP contribution is 2.34. The Hall–Kier alpha value is -3.24. The van der Waals surface area contributed by atoms with Crippen LogP contribution in [0.3, 0.4) is 0 Å². The first-order chi connectivity index (χ1) is 16.2. The van der Waals surface area contributed by atoms with Crippen molar-refractivity contribution >= 4 is 5.97 Å². The zero-order chi connectivity index (χ0) is 24.0. The van der Waals surface area contributed by atoms with Crippen molar-refractivity contribution in [1.82, 2.24) is 24.8 Å². The Balaban J connectivity index is 1.39. The molecule has 34 heavy (non-hydrogen) atoms. The van der Waals surface area contributed by atoms with Gasteiger partial charge < -0.3 is 10.1 Å². The number of benzene rings is 1. The minimum atomic E-state index is -4.50. The lowest BCUT2D eigenvalue weighted by molar-refractivity contribution is -0.138. The Kier molecular flexibility index (Phi) is 5.65. The molecule has 178 valence electrons. The average Bonchev–Trinajstić information content (AvgIpc) is 3.40. The van der Waals surface area contributed by atoms with Crippen LogP contribution in [0.2, 0.25) is 0 Å². The minimum absolute atomic E-state index is 0.0646. The molecule has 0 spiro atoms. The zero-order valence-electron chi connectivity index (χ0n) is 18.8. The van der Waals surface area contributed by atoms with E-state index in [1.807, 2.05) is 17.9 Å². The van der Waals surface area contributed by atoms with E-state index in [1.54, 1.807) is 19.2 Å². The van der Waals surface area contributed by atoms with E-state index in [0.717, 1.165) is 22.8 Å². The number of nitrogens with one attached hydrogen (secondary N) is 1. The molecule has 0 bridgehead atoms. The summed E-state index contributed by atoms with van der Waals surface area (Å²) in [5.74, 6) is -0.134. The second-order valence-corrected chi connectivity index (χ2v) is 8.74. The highest BCUT2D eigenvalue weighted by atomic mass is 19.4. The Morgan fingerprint density at radius 2 is 2.06 bits per heavy atom. The number of nitrogens with zero attached hydrogens (tertiary/aromatic N) is 4. The van der Waals surface area contributed by atoms with Crippen LogP contribution in [0.4, 0.5) is 13.2 Å². The third kappa shape index (κ3) is 4.19. The van der Waals surface area contributed by atoms with Crippen molar-refractivity contribution in [2.45, 2.75) is 39.2 Å². The number of aryl methyl sites for hydroxylation is 1. The summed E-state index contributed by atoms with van der Waals surface area (Å²) in [6.07, 6.45) is -0.0934. The molecule has 0 amide bonds. The highest BCUT2D eigenvalue weighted by molar-refractivity contribution is 5.94. The van der Waals surface area contributed by atoms with Gasteiger partial charge in [-0.3, -0.25) is 9.47 Å². The monoisotopic (exact) mass is 471 g/mol. The van der Waals surface area contributed by atoms with Crippen LogP contribution in [0.15, 0.2) is 36.9 Å². The summed E-state index contributed by atoms with van der Waals surface area (Å²) < 4.78 is 48.4. The maximum Gasteiger partial charge on any atom is 0.416 e. The Morgan fingerprint density at radius 1 is 1.24 bits per heavy atom. The van der Waals surface area contributed by atoms with E-state index in [1.165, 1.54) is 17.1 Å². The summed E-state index contributed by atoms with van der Waals surface area (Å²) >= 11 is 0. The summed E-state index contributed by atoms with van der Waals surface area (Å²) in [5.41, 5.74) is 3.63. The van der Waals surface area contributed by atoms with Gasteiger partial charge in [0.05, 0.1) is 16.8 Å². The van der Waals surface area contributed by atoms with Crippen molar-refractivity contribution in [3.8, 4) is 5.82 Å². The number of piperazine rings is 1. The number of fused-ring (bicyclic) bond motifs is 1. The highest BCUT2D eigenvalue weighted by Gasteiger charge is 2.35. The lowest BCUT2D eigenvalue weighted by Gasteiger charge is -2.35. The second-order valence-electron chi connectivity index (χ2n) is 8.74. The van der Waals surface area contributed by atoms with Crippen LogP contribution in [0.1, 0.15) is 49.9 Å². The maximum atomic E-state index is 13.9. The number of esters is 1. The molecular formula is C24H24F3N5O2. The van der Waals surface area contributed by atoms with Gasteiger partial charge in [-0.2, -0.15) is 13.2 Å². The van der Waals surface area contributed by atoms with Gasteiger partial charge in [0.1, 0.15) is 18.8 Å². The van der Waals surface area contributed by atoms with Crippen LogP contribution in [-0.4, -0.2) is 45.0 Å². The fraction of sp³-hybridized carbons (Fsp3) is 0.375. The number of aromatic nitrogens is 3. The number of carbonyl (C=O) groups excluding carboxylic acids is 1. The van der Waals surface area contributed by atoms with E-state index in [2.05, 4.69) is 15.3 Å². The number of hydrogen-bond acceptors (Lipinski definition) is 6. The van der Waals surface area contributed by atoms with Crippen molar-refractivity contribution in [2.24, 2.45) is 0 Å². The van der Waals surface area contributed by atoms with E-state index < -0.39 is 11.7 Å². The van der Waals surface area contributed by atoms with E-state index in [-0.39, 0.29) is 36.5 Å². The van der Waals surface area contributed by atoms with Crippen LogP contribution < -0.4 is 5.32 Å². The Bertz CT molecular complexity index is 1250. The molecule has 3 aromatic rings. The maximum absolute atomic E-state index is 13.9. The number of ether oxygens (including phenoxy) is 1. The van der Waals surface area contributed by atoms with Crippen LogP contribution in [0.25, 0.3) is 5.82 Å². The van der Waals surface area contributed by atoms with Crippen LogP contribution in [0, 0.1) is 13.8 Å². The second kappa shape index (κ2) is 8.52. The smallest absolute Gasteiger partial charge is 0.416 e. The van der Waals surface area contributed by atoms with Crippen LogP contribution >= 0.6 is 0 Å². The van der Waals surface area contributed by atoms with Crippen LogP contribution in [0.5, 0.6) is 0 Å². The van der Waals surface area contributed by atoms with Crippen molar-refractivity contribution < 1.29 is 22.7 Å². The van der Waals surface area contributed by atoms with Gasteiger partial charge >= 0.3 is 12.1 Å². The van der Waals surface area contributed by atoms with Gasteiger partial charge in [-0.05, 0) is 42.7 Å². The molecule has 0 unspecified atom stereocenters. The number of hydrogen-bond donors (Lipinski definition) is 1. The summed E-state index contributed by atoms with van der Waals surface area (Å²) in [6, 6.07) is 4.70. The summed E-state index contributed by atoms with van der Waals surface area (Å²) in [4.78, 5) is 22.2. The average molecular weight is 471 g/mol. The molecule has 4 heterocycles. The number of carbonyl (C=O) groups is 1. The Morgan fingerprint density at radius 3 is 2.79 bits per heavy atom. The first kappa shape index (κ1) is 22.5. The summed E-state index contributed by atoms with van der Waals surface area (Å²) in [5, 5.41) is 3.46. The van der Waals surface area contributed by atoms with Gasteiger partial charge in [0.2, 0.25) is 0 Å². The van der Waals surface area contributed by atoms with Crippen LogP contribution in [-0.2, 0) is 24.1 Å². The largest absolute Gasteiger partial charge is 0.457 e. The zero-order valence-corrected chi connectivity index (χ0v) is 18.8. The molecule has 1 aromatic carbocycles. The molecule has 0 saturated carbocycles. The van der Waals surface area contributed by atoms with Crippen molar-refractivity contribution in [3.05, 3.63) is 76.0 Å². The summed E-state index contributed by atoms with van der Waals surface area (Å²) in [7, 11) is 0. The quantitative estimate of drug-likeness (QED) is 0.585. The van der Waals surface area contributed by atoms with E-state index in [0.29, 0.717) is 30.9 Å². The number of rotatable bonds is 4. The van der Waals surface area contributed by atoms with Gasteiger partial charge in [-0.15, -0.1) is 0 Å². The molecule has 2 aliphatic rings. The first-order valence-corrected chi connectivity index (χ1v) is 11.0. The number of halogens is 3. The number of pyridine rings is 1. The van der Waals surface area contributed by atoms with Crippen molar-refractivity contribution in [1.29, 1.82) is 0 Å². The van der Waals surface area contributed by atoms with Gasteiger partial charge in [0, 0.05) is 50.2 Å². The predicted octanol–water partition coefficient (Wildman–Crippen LogP) is 3.72. The summed E-state index contributed by atoms with van der Waals surface area (Å²) in [6.45, 7) is 5.90. The van der Waals surface area contributed by atoms with Crippen molar-refractivity contribution in [3.63, 3.8) is 0 Å². The minimum Gasteiger partial charge on any atom is -0.457 e. The first-order valence-electron chi connectivity index (χ1n) is 11.0. The molecule has 1 fully saturated rings. The molecule has 1 atom stereocenters. The molecule has 10 heteroatoms. The lowest BCUT2D eigenvalue weighted by Crippen LogP contribution is -2.45. The SMILES string of the molecule is Cc1cn(-c2cc(C(F)(F)F)c(CN3CCN[C@H](c4ccc5c(c4C)COC5=O)C3)cn2)cn1. The normalized spacial score (nSPS) is 18.7. The molecule has 2 aromatic heterocycles. The fourth-order valence-electron chi connectivity index (χ4n) is 4.70. The predicted molar refractivity (Wildman–Crippen MR) is 117 cm³/mol. The molecule has 5 rings (SSSR count). The van der Waals surface area contributed by atoms with Gasteiger partial charge in [-0.25, -0.2) is 14.8 Å². The van der Waals surface area contributed by atoms with E-state index >= 15 is 0 Å². The van der Waals surface area contributed by atoms with E-state index in [4.69, 9.17) is 4.74 Å². The van der Waals surface area contributed by atoms with E-state index in [9.17, 15) is 18.0 Å². The third-order valence-corrected chi connectivity index (χ3v) is 6.49. The third-order valence-electron chi connectivity index (χ3n) is 6.49. The number of cyclic esters (lactones) is 1. The van der Waals surface area contributed by atoms with Crippen molar-refractivity contribution in [2.75, 3.05) is 19.6 Å². The topological polar surface area (TPSA) is 72.3 Å². The molecule has 1 saturated heterocycles. The number of alkyl halides is 3. The molecule has 2 aliphatic heterocycles. The molecule has 0 aliphatic carbocycles. The fourth-order valence-corrected chi connectivity index (χ4v) is 4.70. The van der Waals surface area contributed by atoms with Gasteiger partial charge in [-0.1, -0.05) is 6.07 Å². The molecular weight excluding hydrogens is 447 g/mol. The molecule has 7 nitrogen and oxygen atoms in total. The molecule has 1 N–H and O–H groups in total. The van der Waals surface area contributed by atoms with Gasteiger partial charge in [0.15, 0.2) is 0 Å². The number of imidazole rings is 1. The van der Waals surface area contributed by atoms with Gasteiger partial charge in [0.25, 0.3) is 0 Å². The standard InChI is InChI=1S/C24H24F3N5O2/c1-14-9-32(13-30-14)22-7-20(24(25,26)27)16(8-29-22)10-31-6-5-28-21(11-31)17-3-4-18-19(15(17)2)12-34-23(18)33/h3-4,7-9,13,21,28H,5-6,10-12H2,1-2H3/t21-/m0/s1. The molecule has 0 radical (unpaired) electrons.